The fourth-order valence-corrected chi connectivity index (χ4v) is 3.72. The van der Waals surface area contributed by atoms with Crippen LogP contribution in [0.25, 0.3) is 0 Å². The van der Waals surface area contributed by atoms with Crippen LogP contribution in [-0.2, 0) is 0 Å². The molecule has 0 aliphatic heterocycles. The van der Waals surface area contributed by atoms with Crippen LogP contribution >= 0.6 is 0 Å². The largest absolute Gasteiger partial charge is 0.324 e. The van der Waals surface area contributed by atoms with E-state index in [1.54, 1.807) is 0 Å². The van der Waals surface area contributed by atoms with Gasteiger partial charge in [-0.3, -0.25) is 0 Å². The van der Waals surface area contributed by atoms with Gasteiger partial charge >= 0.3 is 0 Å². The van der Waals surface area contributed by atoms with Crippen molar-refractivity contribution in [2.75, 3.05) is 0 Å². The third kappa shape index (κ3) is 1.41. The van der Waals surface area contributed by atoms with Crippen molar-refractivity contribution in [1.82, 2.24) is 0 Å². The van der Waals surface area contributed by atoms with Crippen molar-refractivity contribution in [2.45, 2.75) is 60.9 Å². The topological polar surface area (TPSA) is 49.8 Å². The Bertz CT molecular complexity index is 360. The highest BCUT2D eigenvalue weighted by molar-refractivity contribution is 5.22. The van der Waals surface area contributed by atoms with Crippen molar-refractivity contribution >= 4 is 0 Å². The molecule has 1 aliphatic carbocycles. The molecule has 0 aromatic rings. The third-order valence-corrected chi connectivity index (χ3v) is 6.94. The second-order valence-electron chi connectivity index (χ2n) is 7.48. The van der Waals surface area contributed by atoms with E-state index in [1.165, 1.54) is 0 Å². The van der Waals surface area contributed by atoms with Gasteiger partial charge in [-0.25, -0.2) is 0 Å². The number of hydrogen-bond acceptors (Lipinski definition) is 2. The van der Waals surface area contributed by atoms with Gasteiger partial charge in [-0.2, -0.15) is 5.26 Å². The Morgan fingerprint density at radius 2 is 1.24 bits per heavy atom. The summed E-state index contributed by atoms with van der Waals surface area (Å²) in [4.78, 5) is 0. The van der Waals surface area contributed by atoms with Gasteiger partial charge < -0.3 is 5.73 Å². The van der Waals surface area contributed by atoms with Gasteiger partial charge in [0.1, 0.15) is 0 Å². The Kier molecular flexibility index (Phi) is 2.97. The number of nitrogens with zero attached hydrogens (tertiary/aromatic N) is 1. The van der Waals surface area contributed by atoms with Crippen LogP contribution in [-0.4, -0.2) is 5.54 Å². The number of nitriles is 1. The van der Waals surface area contributed by atoms with Crippen LogP contribution in [0.1, 0.15) is 55.4 Å². The standard InChI is InChI=1S/C15H28N2/c1-10-12(3,4)13(5,6)11(2)15(8,17)14(10,7)9-16/h10-11H,17H2,1-8H3. The first-order valence-electron chi connectivity index (χ1n) is 6.57. The van der Waals surface area contributed by atoms with Crippen molar-refractivity contribution in [1.29, 1.82) is 5.26 Å². The maximum Gasteiger partial charge on any atom is 0.0755 e. The highest BCUT2D eigenvalue weighted by atomic mass is 14.9. The molecule has 2 N–H and O–H groups in total. The zero-order chi connectivity index (χ0) is 13.9. The van der Waals surface area contributed by atoms with E-state index in [0.29, 0.717) is 5.92 Å². The summed E-state index contributed by atoms with van der Waals surface area (Å²) >= 11 is 0. The van der Waals surface area contributed by atoms with Gasteiger partial charge in [0.15, 0.2) is 0 Å². The summed E-state index contributed by atoms with van der Waals surface area (Å²) in [6.07, 6.45) is 0. The first-order valence-corrected chi connectivity index (χ1v) is 6.57. The van der Waals surface area contributed by atoms with Crippen molar-refractivity contribution in [2.24, 2.45) is 33.8 Å². The van der Waals surface area contributed by atoms with Gasteiger partial charge in [-0.1, -0.05) is 41.5 Å². The normalized spacial score (nSPS) is 48.5. The van der Waals surface area contributed by atoms with Gasteiger partial charge in [-0.15, -0.1) is 0 Å². The molecule has 98 valence electrons. The van der Waals surface area contributed by atoms with Crippen LogP contribution in [0.5, 0.6) is 0 Å². The average molecular weight is 236 g/mol. The van der Waals surface area contributed by atoms with Crippen molar-refractivity contribution in [3.05, 3.63) is 0 Å². The predicted molar refractivity (Wildman–Crippen MR) is 72.2 cm³/mol. The molecule has 0 saturated heterocycles. The second-order valence-corrected chi connectivity index (χ2v) is 7.48. The molecule has 1 fully saturated rings. The molecule has 17 heavy (non-hydrogen) atoms. The smallest absolute Gasteiger partial charge is 0.0755 e. The molecule has 1 aliphatic rings. The Morgan fingerprint density at radius 1 is 0.882 bits per heavy atom. The average Bonchev–Trinajstić information content (AvgIpc) is 2.23. The van der Waals surface area contributed by atoms with Gasteiger partial charge in [0, 0.05) is 5.54 Å². The van der Waals surface area contributed by atoms with Gasteiger partial charge in [0.2, 0.25) is 0 Å². The van der Waals surface area contributed by atoms with Gasteiger partial charge in [0.25, 0.3) is 0 Å². The number of rotatable bonds is 0. The molecule has 1 rings (SSSR count). The highest BCUT2D eigenvalue weighted by Gasteiger charge is 2.65. The lowest BCUT2D eigenvalue weighted by atomic mass is 9.39. The summed E-state index contributed by atoms with van der Waals surface area (Å²) in [6, 6.07) is 2.52. The fraction of sp³-hybridized carbons (Fsp3) is 0.933. The summed E-state index contributed by atoms with van der Waals surface area (Å²) < 4.78 is 0. The first-order chi connectivity index (χ1) is 7.37. The predicted octanol–water partition coefficient (Wildman–Crippen LogP) is 3.57. The quantitative estimate of drug-likeness (QED) is 0.699. The molecule has 0 radical (unpaired) electrons. The van der Waals surface area contributed by atoms with E-state index in [-0.39, 0.29) is 16.7 Å². The van der Waals surface area contributed by atoms with Crippen LogP contribution in [0.2, 0.25) is 0 Å². The lowest BCUT2D eigenvalue weighted by Crippen LogP contribution is -2.70. The molecule has 0 aromatic carbocycles. The zero-order valence-corrected chi connectivity index (χ0v) is 12.7. The van der Waals surface area contributed by atoms with E-state index in [9.17, 15) is 5.26 Å². The van der Waals surface area contributed by atoms with Crippen LogP contribution in [0.4, 0.5) is 0 Å². The SMILES string of the molecule is CC1C(C)(C)C(C)(C)C(C)C(C)(C#N)C1(C)N. The molecule has 2 heteroatoms. The Balaban J connectivity index is 3.50. The molecule has 4 unspecified atom stereocenters. The van der Waals surface area contributed by atoms with Crippen LogP contribution < -0.4 is 5.73 Å². The van der Waals surface area contributed by atoms with E-state index in [4.69, 9.17) is 5.73 Å². The molecule has 4 atom stereocenters. The lowest BCUT2D eigenvalue weighted by molar-refractivity contribution is -0.145. The molecule has 0 spiro atoms. The minimum absolute atomic E-state index is 0.0930. The number of hydrogen-bond donors (Lipinski definition) is 1. The summed E-state index contributed by atoms with van der Waals surface area (Å²) in [5.41, 5.74) is 5.85. The highest BCUT2D eigenvalue weighted by Crippen LogP contribution is 2.64. The summed E-state index contributed by atoms with van der Waals surface area (Å²) in [6.45, 7) is 17.6. The zero-order valence-electron chi connectivity index (χ0n) is 12.7. The van der Waals surface area contributed by atoms with Crippen LogP contribution in [0, 0.1) is 39.4 Å². The Hall–Kier alpha value is -0.550. The third-order valence-electron chi connectivity index (χ3n) is 6.94. The van der Waals surface area contributed by atoms with Crippen molar-refractivity contribution < 1.29 is 0 Å². The molecular formula is C15H28N2. The maximum atomic E-state index is 9.65. The monoisotopic (exact) mass is 236 g/mol. The van der Waals surface area contributed by atoms with Crippen molar-refractivity contribution in [3.8, 4) is 6.07 Å². The molecule has 2 nitrogen and oxygen atoms in total. The molecule has 0 heterocycles. The summed E-state index contributed by atoms with van der Waals surface area (Å²) in [5.74, 6) is 0.562. The molecular weight excluding hydrogens is 208 g/mol. The lowest BCUT2D eigenvalue weighted by Gasteiger charge is -2.65. The van der Waals surface area contributed by atoms with Crippen molar-refractivity contribution in [3.63, 3.8) is 0 Å². The number of nitrogens with two attached hydrogens (primary N) is 1. The second kappa shape index (κ2) is 3.48. The molecule has 0 bridgehead atoms. The van der Waals surface area contributed by atoms with E-state index >= 15 is 0 Å². The first kappa shape index (κ1) is 14.5. The Morgan fingerprint density at radius 3 is 1.59 bits per heavy atom. The van der Waals surface area contributed by atoms with Crippen LogP contribution in [0.3, 0.4) is 0 Å². The minimum Gasteiger partial charge on any atom is -0.324 e. The van der Waals surface area contributed by atoms with E-state index in [2.05, 4.69) is 47.6 Å². The molecule has 1 saturated carbocycles. The van der Waals surface area contributed by atoms with E-state index < -0.39 is 11.0 Å². The van der Waals surface area contributed by atoms with E-state index in [0.717, 1.165) is 0 Å². The van der Waals surface area contributed by atoms with Crippen LogP contribution in [0.15, 0.2) is 0 Å². The molecule has 0 amide bonds. The minimum atomic E-state index is -0.481. The van der Waals surface area contributed by atoms with Gasteiger partial charge in [0.05, 0.1) is 11.5 Å². The fourth-order valence-electron chi connectivity index (χ4n) is 3.72. The Labute approximate surface area is 107 Å². The summed E-state index contributed by atoms with van der Waals surface area (Å²) in [7, 11) is 0. The summed E-state index contributed by atoms with van der Waals surface area (Å²) in [5, 5.41) is 9.65. The maximum absolute atomic E-state index is 9.65. The molecule has 0 aromatic heterocycles. The van der Waals surface area contributed by atoms with Gasteiger partial charge in [-0.05, 0) is 36.5 Å². The van der Waals surface area contributed by atoms with E-state index in [1.807, 2.05) is 13.8 Å².